The number of carbonyl (C=O) groups is 4. The molecule has 0 radical (unpaired) electrons. The van der Waals surface area contributed by atoms with Crippen LogP contribution in [0.3, 0.4) is 0 Å². The van der Waals surface area contributed by atoms with Gasteiger partial charge in [-0.25, -0.2) is 4.79 Å². The van der Waals surface area contributed by atoms with Gasteiger partial charge in [0.1, 0.15) is 12.3 Å². The Morgan fingerprint density at radius 2 is 1.75 bits per heavy atom. The average Bonchev–Trinajstić information content (AvgIpc) is 3.10. The lowest BCUT2D eigenvalue weighted by Crippen LogP contribution is -2.36. The summed E-state index contributed by atoms with van der Waals surface area (Å²) < 4.78 is 20.9. The standard InChI is InChI=1S/C25H26N2O8S/c1-15(2)35-23(29)14-34-19-10-5-16(11-20(19)33-4)12-21-24(30)27(25(31)36-21)13-22(28)26-17-6-8-18(32-3)9-7-17/h5-12,15H,13-14H2,1-4H3,(H,26,28)/b21-12-. The normalized spacial score (nSPS) is 14.2. The molecule has 0 aromatic heterocycles. The van der Waals surface area contributed by atoms with E-state index < -0.39 is 29.6 Å². The summed E-state index contributed by atoms with van der Waals surface area (Å²) in [6.45, 7) is 2.77. The third-order valence-electron chi connectivity index (χ3n) is 4.75. The highest BCUT2D eigenvalue weighted by Gasteiger charge is 2.36. The van der Waals surface area contributed by atoms with E-state index in [0.717, 1.165) is 16.7 Å². The summed E-state index contributed by atoms with van der Waals surface area (Å²) in [6.07, 6.45) is 1.26. The van der Waals surface area contributed by atoms with Crippen molar-refractivity contribution in [3.63, 3.8) is 0 Å². The van der Waals surface area contributed by atoms with Crippen LogP contribution >= 0.6 is 11.8 Å². The fourth-order valence-corrected chi connectivity index (χ4v) is 3.97. The summed E-state index contributed by atoms with van der Waals surface area (Å²) in [5.41, 5.74) is 1.08. The van der Waals surface area contributed by atoms with Crippen molar-refractivity contribution in [3.05, 3.63) is 52.9 Å². The van der Waals surface area contributed by atoms with Gasteiger partial charge in [-0.05, 0) is 73.6 Å². The zero-order valence-electron chi connectivity index (χ0n) is 20.2. The molecular formula is C25H26N2O8S. The highest BCUT2D eigenvalue weighted by Crippen LogP contribution is 2.34. The molecule has 2 aromatic carbocycles. The van der Waals surface area contributed by atoms with Crippen molar-refractivity contribution in [2.24, 2.45) is 0 Å². The largest absolute Gasteiger partial charge is 0.497 e. The molecule has 11 heteroatoms. The summed E-state index contributed by atoms with van der Waals surface area (Å²) in [5, 5.41) is 2.10. The molecule has 0 bridgehead atoms. The highest BCUT2D eigenvalue weighted by molar-refractivity contribution is 8.18. The van der Waals surface area contributed by atoms with Crippen molar-refractivity contribution >= 4 is 46.5 Å². The molecule has 0 spiro atoms. The first-order valence-electron chi connectivity index (χ1n) is 10.9. The van der Waals surface area contributed by atoms with Crippen LogP contribution in [0.5, 0.6) is 17.2 Å². The Labute approximate surface area is 212 Å². The van der Waals surface area contributed by atoms with Gasteiger partial charge in [0.25, 0.3) is 11.1 Å². The van der Waals surface area contributed by atoms with Gasteiger partial charge < -0.3 is 24.3 Å². The molecule has 3 rings (SSSR count). The van der Waals surface area contributed by atoms with Gasteiger partial charge in [-0.15, -0.1) is 0 Å². The average molecular weight is 515 g/mol. The van der Waals surface area contributed by atoms with Crippen LogP contribution in [0.15, 0.2) is 47.4 Å². The Bertz CT molecular complexity index is 1180. The van der Waals surface area contributed by atoms with Crippen molar-refractivity contribution in [2.75, 3.05) is 32.7 Å². The molecule has 1 N–H and O–H groups in total. The number of benzene rings is 2. The molecule has 0 saturated carbocycles. The number of rotatable bonds is 10. The van der Waals surface area contributed by atoms with E-state index in [9.17, 15) is 19.2 Å². The molecule has 36 heavy (non-hydrogen) atoms. The monoisotopic (exact) mass is 514 g/mol. The molecule has 10 nitrogen and oxygen atoms in total. The minimum Gasteiger partial charge on any atom is -0.497 e. The number of hydrogen-bond acceptors (Lipinski definition) is 9. The SMILES string of the molecule is COc1ccc(NC(=O)CN2C(=O)S/C(=C\c3ccc(OCC(=O)OC(C)C)c(OC)c3)C2=O)cc1. The van der Waals surface area contributed by atoms with Crippen LogP contribution in [0.25, 0.3) is 6.08 Å². The first kappa shape index (κ1) is 26.6. The fraction of sp³-hybridized carbons (Fsp3) is 0.280. The Hall–Kier alpha value is -3.99. The van der Waals surface area contributed by atoms with Gasteiger partial charge in [-0.3, -0.25) is 19.3 Å². The minimum absolute atomic E-state index is 0.161. The molecule has 3 amide bonds. The Kier molecular flexibility index (Phi) is 8.96. The maximum Gasteiger partial charge on any atom is 0.344 e. The zero-order chi connectivity index (χ0) is 26.2. The molecule has 1 aliphatic rings. The first-order valence-corrected chi connectivity index (χ1v) is 11.7. The summed E-state index contributed by atoms with van der Waals surface area (Å²) in [5.74, 6) is -0.318. The van der Waals surface area contributed by atoms with Gasteiger partial charge >= 0.3 is 5.97 Å². The van der Waals surface area contributed by atoms with Gasteiger partial charge in [-0.1, -0.05) is 6.07 Å². The lowest BCUT2D eigenvalue weighted by Gasteiger charge is -2.13. The summed E-state index contributed by atoms with van der Waals surface area (Å²) in [6, 6.07) is 11.5. The molecule has 1 aliphatic heterocycles. The third kappa shape index (κ3) is 7.01. The van der Waals surface area contributed by atoms with Crippen molar-refractivity contribution < 1.29 is 38.1 Å². The third-order valence-corrected chi connectivity index (χ3v) is 5.65. The number of anilines is 1. The number of carbonyl (C=O) groups excluding carboxylic acids is 4. The second kappa shape index (κ2) is 12.1. The van der Waals surface area contributed by atoms with E-state index in [1.54, 1.807) is 56.3 Å². The highest BCUT2D eigenvalue weighted by atomic mass is 32.2. The molecule has 0 atom stereocenters. The number of thioether (sulfide) groups is 1. The Morgan fingerprint density at radius 1 is 1.03 bits per heavy atom. The van der Waals surface area contributed by atoms with E-state index in [-0.39, 0.29) is 17.6 Å². The number of methoxy groups -OCH3 is 2. The molecule has 2 aromatic rings. The predicted octanol–water partition coefficient (Wildman–Crippen LogP) is 3.71. The van der Waals surface area contributed by atoms with Gasteiger partial charge in [0.15, 0.2) is 18.1 Å². The number of hydrogen-bond donors (Lipinski definition) is 1. The van der Waals surface area contributed by atoms with Crippen LogP contribution in [0.2, 0.25) is 0 Å². The van der Waals surface area contributed by atoms with Gasteiger partial charge in [0, 0.05) is 5.69 Å². The number of nitrogens with one attached hydrogen (secondary N) is 1. The second-order valence-corrected chi connectivity index (χ2v) is 8.78. The molecule has 190 valence electrons. The molecular weight excluding hydrogens is 488 g/mol. The number of ether oxygens (including phenoxy) is 4. The van der Waals surface area contributed by atoms with E-state index in [0.29, 0.717) is 28.5 Å². The fourth-order valence-electron chi connectivity index (χ4n) is 3.13. The lowest BCUT2D eigenvalue weighted by atomic mass is 10.2. The summed E-state index contributed by atoms with van der Waals surface area (Å²) >= 11 is 0.736. The van der Waals surface area contributed by atoms with Crippen LogP contribution in [-0.2, 0) is 19.1 Å². The van der Waals surface area contributed by atoms with Crippen LogP contribution < -0.4 is 19.5 Å². The number of esters is 1. The van der Waals surface area contributed by atoms with Gasteiger partial charge in [-0.2, -0.15) is 0 Å². The Morgan fingerprint density at radius 3 is 2.39 bits per heavy atom. The van der Waals surface area contributed by atoms with E-state index in [1.165, 1.54) is 20.3 Å². The van der Waals surface area contributed by atoms with E-state index in [4.69, 9.17) is 18.9 Å². The maximum absolute atomic E-state index is 12.8. The second-order valence-electron chi connectivity index (χ2n) is 7.78. The van der Waals surface area contributed by atoms with Gasteiger partial charge in [0.2, 0.25) is 5.91 Å². The number of nitrogens with zero attached hydrogens (tertiary/aromatic N) is 1. The molecule has 1 saturated heterocycles. The Balaban J connectivity index is 1.65. The summed E-state index contributed by atoms with van der Waals surface area (Å²) in [7, 11) is 2.97. The molecule has 0 aliphatic carbocycles. The number of amides is 3. The quantitative estimate of drug-likeness (QED) is 0.374. The molecule has 1 heterocycles. The van der Waals surface area contributed by atoms with Crippen molar-refractivity contribution in [3.8, 4) is 17.2 Å². The van der Waals surface area contributed by atoms with Crippen LogP contribution in [0.1, 0.15) is 19.4 Å². The van der Waals surface area contributed by atoms with E-state index in [2.05, 4.69) is 5.32 Å². The summed E-state index contributed by atoms with van der Waals surface area (Å²) in [4.78, 5) is 50.3. The van der Waals surface area contributed by atoms with Crippen LogP contribution in [-0.4, -0.2) is 61.4 Å². The van der Waals surface area contributed by atoms with Crippen LogP contribution in [0.4, 0.5) is 10.5 Å². The maximum atomic E-state index is 12.8. The zero-order valence-corrected chi connectivity index (χ0v) is 21.0. The van der Waals surface area contributed by atoms with Crippen molar-refractivity contribution in [2.45, 2.75) is 20.0 Å². The van der Waals surface area contributed by atoms with Crippen molar-refractivity contribution in [1.82, 2.24) is 4.90 Å². The molecule has 1 fully saturated rings. The van der Waals surface area contributed by atoms with Crippen molar-refractivity contribution in [1.29, 1.82) is 0 Å². The smallest absolute Gasteiger partial charge is 0.344 e. The lowest BCUT2D eigenvalue weighted by molar-refractivity contribution is -0.149. The van der Waals surface area contributed by atoms with E-state index >= 15 is 0 Å². The van der Waals surface area contributed by atoms with Gasteiger partial charge in [0.05, 0.1) is 25.2 Å². The van der Waals surface area contributed by atoms with Crippen LogP contribution in [0, 0.1) is 0 Å². The molecule has 0 unspecified atom stereocenters. The minimum atomic E-state index is -0.578. The number of imide groups is 1. The first-order chi connectivity index (χ1) is 17.2. The van der Waals surface area contributed by atoms with E-state index in [1.807, 2.05) is 0 Å². The topological polar surface area (TPSA) is 120 Å². The predicted molar refractivity (Wildman–Crippen MR) is 134 cm³/mol.